The topological polar surface area (TPSA) is 102 Å². The van der Waals surface area contributed by atoms with Gasteiger partial charge in [-0.15, -0.1) is 0 Å². The quantitative estimate of drug-likeness (QED) is 0.429. The van der Waals surface area contributed by atoms with E-state index in [4.69, 9.17) is 10.5 Å². The molecule has 7 nitrogen and oxygen atoms in total. The van der Waals surface area contributed by atoms with Crippen molar-refractivity contribution in [3.05, 3.63) is 71.4 Å². The number of aliphatic hydroxyl groups excluding tert-OH is 1. The maximum atomic E-state index is 14.9. The minimum atomic E-state index is -1.03. The Bertz CT molecular complexity index is 1320. The number of pyridine rings is 2. The second kappa shape index (κ2) is 10.7. The standard InChI is InChI=1S/C28H29F3N4O3/c1-15-12-35(13-22(32)28(15)37)24-6-7-33-11-17(24)8-25(36)23-5-4-19(29)27(34-23)26-20(30)9-18(10-21(26)31)38-14-16-2-3-16/h4-7,9-11,15-16,22,28,37H,2-3,8,12-14,32H2,1H3/t15-,22+,28+/m0/s1. The average Bonchev–Trinajstić information content (AvgIpc) is 3.71. The molecule has 0 spiro atoms. The van der Waals surface area contributed by atoms with E-state index < -0.39 is 46.6 Å². The van der Waals surface area contributed by atoms with Gasteiger partial charge in [-0.3, -0.25) is 9.78 Å². The van der Waals surface area contributed by atoms with Gasteiger partial charge in [0.1, 0.15) is 34.6 Å². The summed E-state index contributed by atoms with van der Waals surface area (Å²) in [4.78, 5) is 23.3. The molecule has 10 heteroatoms. The third-order valence-electron chi connectivity index (χ3n) is 7.10. The highest BCUT2D eigenvalue weighted by atomic mass is 19.1. The fraction of sp³-hybridized carbons (Fsp3) is 0.393. The Morgan fingerprint density at radius 1 is 1.13 bits per heavy atom. The second-order valence-electron chi connectivity index (χ2n) is 10.2. The Morgan fingerprint density at radius 2 is 1.87 bits per heavy atom. The van der Waals surface area contributed by atoms with Crippen molar-refractivity contribution in [3.8, 4) is 17.0 Å². The molecule has 3 N–H and O–H groups in total. The molecule has 38 heavy (non-hydrogen) atoms. The van der Waals surface area contributed by atoms with Crippen LogP contribution in [0.2, 0.25) is 0 Å². The van der Waals surface area contributed by atoms with Crippen molar-refractivity contribution < 1.29 is 27.8 Å². The summed E-state index contributed by atoms with van der Waals surface area (Å²) in [6.45, 7) is 3.21. The van der Waals surface area contributed by atoms with Crippen LogP contribution in [0.15, 0.2) is 42.7 Å². The fourth-order valence-electron chi connectivity index (χ4n) is 4.77. The van der Waals surface area contributed by atoms with E-state index in [0.29, 0.717) is 31.2 Å². The molecule has 2 aliphatic rings. The predicted molar refractivity (Wildman–Crippen MR) is 135 cm³/mol. The number of piperidine rings is 1. The first-order chi connectivity index (χ1) is 18.2. The van der Waals surface area contributed by atoms with Crippen LogP contribution in [0.25, 0.3) is 11.3 Å². The number of hydrogen-bond acceptors (Lipinski definition) is 7. The molecule has 1 aromatic carbocycles. The Kier molecular flexibility index (Phi) is 7.36. The lowest BCUT2D eigenvalue weighted by molar-refractivity contribution is 0.0784. The first kappa shape index (κ1) is 26.1. The molecule has 3 aromatic rings. The second-order valence-corrected chi connectivity index (χ2v) is 10.2. The van der Waals surface area contributed by atoms with Gasteiger partial charge in [0.2, 0.25) is 0 Å². The van der Waals surface area contributed by atoms with Gasteiger partial charge in [-0.25, -0.2) is 18.2 Å². The number of halogens is 3. The molecule has 5 rings (SSSR count). The first-order valence-corrected chi connectivity index (χ1v) is 12.6. The summed E-state index contributed by atoms with van der Waals surface area (Å²) < 4.78 is 49.9. The lowest BCUT2D eigenvalue weighted by Crippen LogP contribution is -2.55. The largest absolute Gasteiger partial charge is 0.493 e. The number of aliphatic hydroxyl groups is 1. The van der Waals surface area contributed by atoms with Crippen LogP contribution in [0.5, 0.6) is 5.75 Å². The highest BCUT2D eigenvalue weighted by Crippen LogP contribution is 2.33. The van der Waals surface area contributed by atoms with E-state index in [2.05, 4.69) is 9.97 Å². The number of rotatable bonds is 8. The van der Waals surface area contributed by atoms with Crippen molar-refractivity contribution in [1.82, 2.24) is 9.97 Å². The van der Waals surface area contributed by atoms with Crippen molar-refractivity contribution in [1.29, 1.82) is 0 Å². The molecular weight excluding hydrogens is 497 g/mol. The minimum Gasteiger partial charge on any atom is -0.493 e. The summed E-state index contributed by atoms with van der Waals surface area (Å²) in [5.74, 6) is -3.15. The van der Waals surface area contributed by atoms with Crippen LogP contribution in [0.1, 0.15) is 35.8 Å². The minimum absolute atomic E-state index is 0.0201. The van der Waals surface area contributed by atoms with E-state index in [0.717, 1.165) is 36.7 Å². The number of benzene rings is 1. The van der Waals surface area contributed by atoms with E-state index in [1.165, 1.54) is 6.07 Å². The molecule has 0 unspecified atom stereocenters. The molecule has 0 bridgehead atoms. The van der Waals surface area contributed by atoms with Gasteiger partial charge in [-0.2, -0.15) is 0 Å². The van der Waals surface area contributed by atoms with Crippen LogP contribution in [0.4, 0.5) is 18.9 Å². The molecule has 2 aromatic heterocycles. The van der Waals surface area contributed by atoms with Crippen molar-refractivity contribution in [2.45, 2.75) is 38.3 Å². The zero-order valence-corrected chi connectivity index (χ0v) is 20.9. The number of carbonyl (C=O) groups is 1. The number of aromatic nitrogens is 2. The molecule has 3 atom stereocenters. The Balaban J connectivity index is 1.39. The van der Waals surface area contributed by atoms with Gasteiger partial charge in [0.25, 0.3) is 0 Å². The number of Topliss-reactive ketones (excluding diaryl/α,β-unsaturated/α-hetero) is 1. The first-order valence-electron chi connectivity index (χ1n) is 12.6. The van der Waals surface area contributed by atoms with E-state index >= 15 is 0 Å². The van der Waals surface area contributed by atoms with Crippen LogP contribution in [-0.2, 0) is 6.42 Å². The maximum Gasteiger partial charge on any atom is 0.185 e. The molecule has 1 saturated heterocycles. The molecule has 0 amide bonds. The smallest absolute Gasteiger partial charge is 0.185 e. The zero-order valence-electron chi connectivity index (χ0n) is 20.9. The Labute approximate surface area is 218 Å². The van der Waals surface area contributed by atoms with Crippen molar-refractivity contribution in [2.75, 3.05) is 24.6 Å². The van der Waals surface area contributed by atoms with Gasteiger partial charge < -0.3 is 20.5 Å². The van der Waals surface area contributed by atoms with Gasteiger partial charge >= 0.3 is 0 Å². The van der Waals surface area contributed by atoms with Crippen LogP contribution in [-0.4, -0.2) is 52.7 Å². The number of hydrogen-bond donors (Lipinski definition) is 2. The molecular formula is C28H29F3N4O3. The van der Waals surface area contributed by atoms with Crippen molar-refractivity contribution in [3.63, 3.8) is 0 Å². The SMILES string of the molecule is C[C@H]1CN(c2ccncc2CC(=O)c2ccc(F)c(-c3c(F)cc(OCC4CC4)cc3F)n2)C[C@@H](N)[C@@H]1O. The van der Waals surface area contributed by atoms with Crippen LogP contribution < -0.4 is 15.4 Å². The average molecular weight is 527 g/mol. The third-order valence-corrected chi connectivity index (χ3v) is 7.10. The number of nitrogens with two attached hydrogens (primary N) is 1. The molecule has 200 valence electrons. The fourth-order valence-corrected chi connectivity index (χ4v) is 4.77. The molecule has 1 aliphatic carbocycles. The van der Waals surface area contributed by atoms with Crippen LogP contribution in [0.3, 0.4) is 0 Å². The number of carbonyl (C=O) groups excluding carboxylic acids is 1. The van der Waals surface area contributed by atoms with E-state index in [1.807, 2.05) is 11.8 Å². The van der Waals surface area contributed by atoms with E-state index in [-0.39, 0.29) is 23.8 Å². The molecule has 0 radical (unpaired) electrons. The number of anilines is 1. The van der Waals surface area contributed by atoms with Crippen molar-refractivity contribution in [2.24, 2.45) is 17.6 Å². The molecule has 1 aliphatic heterocycles. The number of nitrogens with zero attached hydrogens (tertiary/aromatic N) is 3. The summed E-state index contributed by atoms with van der Waals surface area (Å²) in [7, 11) is 0. The van der Waals surface area contributed by atoms with Gasteiger partial charge in [0, 0.05) is 67.2 Å². The van der Waals surface area contributed by atoms with Gasteiger partial charge in [0.15, 0.2) is 5.78 Å². The number of ketones is 1. The van der Waals surface area contributed by atoms with Crippen LogP contribution >= 0.6 is 0 Å². The highest BCUT2D eigenvalue weighted by molar-refractivity contribution is 5.97. The highest BCUT2D eigenvalue weighted by Gasteiger charge is 2.32. The van der Waals surface area contributed by atoms with Gasteiger partial charge in [0.05, 0.1) is 18.3 Å². The third kappa shape index (κ3) is 5.51. The molecule has 3 heterocycles. The predicted octanol–water partition coefficient (Wildman–Crippen LogP) is 3.92. The van der Waals surface area contributed by atoms with Gasteiger partial charge in [-0.05, 0) is 37.0 Å². The lowest BCUT2D eigenvalue weighted by atomic mass is 9.92. The molecule has 2 fully saturated rings. The maximum absolute atomic E-state index is 14.9. The monoisotopic (exact) mass is 526 g/mol. The number of ether oxygens (including phenoxy) is 1. The van der Waals surface area contributed by atoms with Crippen molar-refractivity contribution >= 4 is 11.5 Å². The van der Waals surface area contributed by atoms with E-state index in [9.17, 15) is 23.1 Å². The Hall–Kier alpha value is -3.50. The van der Waals surface area contributed by atoms with Crippen LogP contribution in [0, 0.1) is 29.3 Å². The normalized spacial score (nSPS) is 21.4. The summed E-state index contributed by atoms with van der Waals surface area (Å²) in [6, 6.07) is 5.48. The van der Waals surface area contributed by atoms with Gasteiger partial charge in [-0.1, -0.05) is 6.92 Å². The summed E-state index contributed by atoms with van der Waals surface area (Å²) in [5.41, 5.74) is 6.05. The summed E-state index contributed by atoms with van der Waals surface area (Å²) >= 11 is 0. The Morgan fingerprint density at radius 3 is 2.55 bits per heavy atom. The summed E-state index contributed by atoms with van der Waals surface area (Å²) in [5, 5.41) is 10.2. The molecule has 1 saturated carbocycles. The zero-order chi connectivity index (χ0) is 27.0. The van der Waals surface area contributed by atoms with E-state index in [1.54, 1.807) is 18.5 Å². The lowest BCUT2D eigenvalue weighted by Gasteiger charge is -2.40. The summed E-state index contributed by atoms with van der Waals surface area (Å²) in [6.07, 6.45) is 4.45.